The van der Waals surface area contributed by atoms with Crippen LogP contribution in [-0.4, -0.2) is 53.9 Å². The quantitative estimate of drug-likeness (QED) is 0.269. The van der Waals surface area contributed by atoms with Crippen molar-refractivity contribution in [2.24, 2.45) is 0 Å². The molecular formula is C26H30NO4S2+. The molecule has 0 atom stereocenters. The van der Waals surface area contributed by atoms with Gasteiger partial charge in [-0.05, 0) is 35.0 Å². The lowest BCUT2D eigenvalue weighted by atomic mass is 9.80. The van der Waals surface area contributed by atoms with Crippen LogP contribution in [0.3, 0.4) is 0 Å². The van der Waals surface area contributed by atoms with E-state index in [1.54, 1.807) is 0 Å². The van der Waals surface area contributed by atoms with Crippen LogP contribution in [0.4, 0.5) is 0 Å². The summed E-state index contributed by atoms with van der Waals surface area (Å²) in [6.45, 7) is 4.84. The molecule has 0 saturated carbocycles. The van der Waals surface area contributed by atoms with E-state index in [-0.39, 0.29) is 0 Å². The molecule has 3 saturated heterocycles. The maximum absolute atomic E-state index is 13.5. The molecule has 5 nitrogen and oxygen atoms in total. The van der Waals surface area contributed by atoms with Crippen molar-refractivity contribution in [1.82, 2.24) is 0 Å². The summed E-state index contributed by atoms with van der Waals surface area (Å²) in [7, 11) is 0. The highest BCUT2D eigenvalue weighted by Crippen LogP contribution is 2.43. The molecule has 33 heavy (non-hydrogen) atoms. The predicted molar refractivity (Wildman–Crippen MR) is 131 cm³/mol. The Morgan fingerprint density at radius 2 is 1.55 bits per heavy atom. The number of thiophene rings is 2. The number of quaternary nitrogens is 1. The van der Waals surface area contributed by atoms with Crippen molar-refractivity contribution in [1.29, 1.82) is 0 Å². The van der Waals surface area contributed by atoms with E-state index in [2.05, 4.69) is 0 Å². The summed E-state index contributed by atoms with van der Waals surface area (Å²) in [6, 6.07) is 17.3. The van der Waals surface area contributed by atoms with E-state index < -0.39 is 17.2 Å². The molecule has 174 valence electrons. The van der Waals surface area contributed by atoms with Crippen LogP contribution < -0.4 is 4.74 Å². The average Bonchev–Trinajstić information content (AvgIpc) is 3.59. The van der Waals surface area contributed by atoms with Crippen LogP contribution in [0.5, 0.6) is 5.75 Å². The molecule has 1 aromatic carbocycles. The number of ether oxygens (including phenoxy) is 2. The van der Waals surface area contributed by atoms with E-state index in [0.717, 1.165) is 68.7 Å². The molecule has 2 aromatic heterocycles. The summed E-state index contributed by atoms with van der Waals surface area (Å²) < 4.78 is 13.2. The summed E-state index contributed by atoms with van der Waals surface area (Å²) in [5.74, 6) is 0.384. The van der Waals surface area contributed by atoms with Gasteiger partial charge < -0.3 is 19.1 Å². The molecule has 2 bridgehead atoms. The van der Waals surface area contributed by atoms with Gasteiger partial charge in [0.2, 0.25) is 5.60 Å². The van der Waals surface area contributed by atoms with Gasteiger partial charge in [-0.1, -0.05) is 30.3 Å². The van der Waals surface area contributed by atoms with Crippen molar-refractivity contribution < 1.29 is 23.9 Å². The third-order valence-corrected chi connectivity index (χ3v) is 9.23. The molecule has 0 radical (unpaired) electrons. The second kappa shape index (κ2) is 9.22. The fraction of sp³-hybridized carbons (Fsp3) is 0.423. The Hall–Kier alpha value is -2.19. The fourth-order valence-corrected chi connectivity index (χ4v) is 6.90. The molecule has 0 aliphatic carbocycles. The summed E-state index contributed by atoms with van der Waals surface area (Å²) >= 11 is 2.77. The molecular weight excluding hydrogens is 454 g/mol. The number of esters is 1. The van der Waals surface area contributed by atoms with Crippen molar-refractivity contribution >= 4 is 28.6 Å². The lowest BCUT2D eigenvalue weighted by molar-refractivity contribution is -0.944. The molecule has 3 fully saturated rings. The number of benzene rings is 1. The third-order valence-electron chi connectivity index (χ3n) is 7.27. The summed E-state index contributed by atoms with van der Waals surface area (Å²) in [4.78, 5) is 14.7. The van der Waals surface area contributed by atoms with Crippen molar-refractivity contribution in [2.75, 3.05) is 32.8 Å². The highest BCUT2D eigenvalue weighted by molar-refractivity contribution is 7.12. The van der Waals surface area contributed by atoms with E-state index in [0.29, 0.717) is 9.75 Å². The van der Waals surface area contributed by atoms with Crippen LogP contribution in [-0.2, 0) is 15.1 Å². The lowest BCUT2D eigenvalue weighted by Crippen LogP contribution is -2.66. The first-order chi connectivity index (χ1) is 16.0. The zero-order valence-corrected chi connectivity index (χ0v) is 20.3. The largest absolute Gasteiger partial charge is 0.493 e. The topological polar surface area (TPSA) is 55.8 Å². The maximum atomic E-state index is 13.5. The number of piperidine rings is 3. The van der Waals surface area contributed by atoms with Gasteiger partial charge in [-0.2, -0.15) is 0 Å². The summed E-state index contributed by atoms with van der Waals surface area (Å²) in [6.07, 6.45) is 3.56. The van der Waals surface area contributed by atoms with E-state index in [1.807, 2.05) is 65.4 Å². The van der Waals surface area contributed by atoms with Gasteiger partial charge in [-0.25, -0.2) is 4.79 Å². The summed E-state index contributed by atoms with van der Waals surface area (Å²) in [5.41, 5.74) is -2.19. The zero-order chi connectivity index (χ0) is 22.8. The van der Waals surface area contributed by atoms with Gasteiger partial charge in [0.1, 0.15) is 11.4 Å². The molecule has 0 amide bonds. The van der Waals surface area contributed by atoms with Gasteiger partial charge in [-0.3, -0.25) is 0 Å². The zero-order valence-electron chi connectivity index (χ0n) is 18.7. The van der Waals surface area contributed by atoms with Gasteiger partial charge in [0, 0.05) is 25.7 Å². The Balaban J connectivity index is 1.20. The molecule has 3 aliphatic heterocycles. The predicted octanol–water partition coefficient (Wildman–Crippen LogP) is 4.81. The molecule has 0 unspecified atom stereocenters. The fourth-order valence-electron chi connectivity index (χ4n) is 5.19. The van der Waals surface area contributed by atoms with Gasteiger partial charge >= 0.3 is 5.97 Å². The Morgan fingerprint density at radius 1 is 0.939 bits per heavy atom. The molecule has 1 N–H and O–H groups in total. The number of carbonyl (C=O) groups excluding carboxylic acids is 1. The first-order valence-electron chi connectivity index (χ1n) is 11.6. The van der Waals surface area contributed by atoms with Crippen LogP contribution in [0.25, 0.3) is 0 Å². The molecule has 0 spiro atoms. The van der Waals surface area contributed by atoms with E-state index in [1.165, 1.54) is 22.7 Å². The first kappa shape index (κ1) is 22.6. The Bertz CT molecular complexity index is 991. The number of hydrogen-bond donors (Lipinski definition) is 1. The molecule has 7 heteroatoms. The third kappa shape index (κ3) is 4.47. The minimum atomic E-state index is -1.73. The van der Waals surface area contributed by atoms with E-state index >= 15 is 0 Å². The first-order valence-corrected chi connectivity index (χ1v) is 13.4. The van der Waals surface area contributed by atoms with Gasteiger partial charge in [-0.15, -0.1) is 22.7 Å². The number of carbonyl (C=O) groups is 1. The number of fused-ring (bicyclic) bond motifs is 3. The molecule has 5 heterocycles. The Labute approximate surface area is 202 Å². The van der Waals surface area contributed by atoms with Crippen LogP contribution >= 0.6 is 22.7 Å². The Morgan fingerprint density at radius 3 is 2.09 bits per heavy atom. The maximum Gasteiger partial charge on any atom is 0.349 e. The van der Waals surface area contributed by atoms with Crippen LogP contribution in [0.2, 0.25) is 0 Å². The minimum absolute atomic E-state index is 0.458. The highest BCUT2D eigenvalue weighted by atomic mass is 32.1. The van der Waals surface area contributed by atoms with Gasteiger partial charge in [0.15, 0.2) is 0 Å². The number of rotatable bonds is 9. The SMILES string of the molecule is O=C(OC12CC[N+](CCCOc3ccccc3)(CC1)CC2)C(O)(c1cccs1)c1cccs1. The van der Waals surface area contributed by atoms with Crippen LogP contribution in [0.15, 0.2) is 65.4 Å². The molecule has 6 rings (SSSR count). The highest BCUT2D eigenvalue weighted by Gasteiger charge is 2.54. The van der Waals surface area contributed by atoms with Crippen molar-refractivity contribution in [3.8, 4) is 5.75 Å². The van der Waals surface area contributed by atoms with Gasteiger partial charge in [0.05, 0.1) is 42.5 Å². The van der Waals surface area contributed by atoms with E-state index in [4.69, 9.17) is 9.47 Å². The van der Waals surface area contributed by atoms with Crippen molar-refractivity contribution in [3.63, 3.8) is 0 Å². The second-order valence-corrected chi connectivity index (χ2v) is 11.1. The number of aliphatic hydroxyl groups is 1. The smallest absolute Gasteiger partial charge is 0.349 e. The standard InChI is InChI=1S/C26H30NO4S2/c28-24(26(29,22-9-4-19-32-22)23-10-5-20-33-23)31-25-11-15-27(16-12-25,17-13-25)14-6-18-30-21-7-2-1-3-8-21/h1-5,7-10,19-20,29H,6,11-18H2/q+1. The molecule has 3 aromatic rings. The molecule has 3 aliphatic rings. The van der Waals surface area contributed by atoms with Crippen molar-refractivity contribution in [3.05, 3.63) is 75.1 Å². The number of nitrogens with zero attached hydrogens (tertiary/aromatic N) is 1. The monoisotopic (exact) mass is 484 g/mol. The average molecular weight is 485 g/mol. The van der Waals surface area contributed by atoms with Crippen molar-refractivity contribution in [2.45, 2.75) is 36.9 Å². The minimum Gasteiger partial charge on any atom is -0.493 e. The Kier molecular flexibility index (Phi) is 6.31. The number of hydrogen-bond acceptors (Lipinski definition) is 6. The van der Waals surface area contributed by atoms with Crippen LogP contribution in [0.1, 0.15) is 35.4 Å². The van der Waals surface area contributed by atoms with Crippen LogP contribution in [0, 0.1) is 0 Å². The normalized spacial score (nSPS) is 24.5. The second-order valence-electron chi connectivity index (χ2n) is 9.24. The lowest BCUT2D eigenvalue weighted by Gasteiger charge is -2.54. The van der Waals surface area contributed by atoms with Gasteiger partial charge in [0.25, 0.3) is 0 Å². The van der Waals surface area contributed by atoms with E-state index in [9.17, 15) is 9.90 Å². The summed E-state index contributed by atoms with van der Waals surface area (Å²) in [5, 5.41) is 15.3. The number of para-hydroxylation sites is 1.